The topological polar surface area (TPSA) is 97.5 Å². The summed E-state index contributed by atoms with van der Waals surface area (Å²) in [6, 6.07) is 5.51. The predicted octanol–water partition coefficient (Wildman–Crippen LogP) is 2.67. The normalized spacial score (nSPS) is 13.4. The van der Waals surface area contributed by atoms with E-state index < -0.39 is 0 Å². The molecule has 1 aromatic carbocycles. The molecule has 2 aromatic heterocycles. The van der Waals surface area contributed by atoms with Crippen LogP contribution in [0.5, 0.6) is 0 Å². The zero-order valence-corrected chi connectivity index (χ0v) is 17.4. The zero-order chi connectivity index (χ0) is 21.4. The van der Waals surface area contributed by atoms with Crippen molar-refractivity contribution in [2.75, 3.05) is 5.32 Å². The van der Waals surface area contributed by atoms with E-state index in [0.717, 1.165) is 24.8 Å². The molecule has 8 heteroatoms. The molecule has 8 nitrogen and oxygen atoms in total. The van der Waals surface area contributed by atoms with Crippen molar-refractivity contribution in [2.24, 2.45) is 0 Å². The summed E-state index contributed by atoms with van der Waals surface area (Å²) in [5.74, 6) is -0.484. The third-order valence-corrected chi connectivity index (χ3v) is 5.39. The molecule has 30 heavy (non-hydrogen) atoms. The van der Waals surface area contributed by atoms with Crippen LogP contribution < -0.4 is 16.2 Å². The van der Waals surface area contributed by atoms with Gasteiger partial charge in [0.2, 0.25) is 0 Å². The van der Waals surface area contributed by atoms with Gasteiger partial charge in [-0.1, -0.05) is 13.0 Å². The molecular formula is C22H25N5O3. The number of nitrogens with zero attached hydrogens (tertiary/aromatic N) is 3. The smallest absolute Gasteiger partial charge is 0.277 e. The number of aromatic nitrogens is 3. The van der Waals surface area contributed by atoms with Crippen LogP contribution in [0.2, 0.25) is 0 Å². The fourth-order valence-corrected chi connectivity index (χ4v) is 3.45. The van der Waals surface area contributed by atoms with Gasteiger partial charge in [-0.15, -0.1) is 0 Å². The Morgan fingerprint density at radius 2 is 1.97 bits per heavy atom. The number of amides is 2. The molecular weight excluding hydrogens is 382 g/mol. The van der Waals surface area contributed by atoms with Gasteiger partial charge < -0.3 is 10.6 Å². The van der Waals surface area contributed by atoms with E-state index in [4.69, 9.17) is 0 Å². The molecule has 0 unspecified atom stereocenters. The molecule has 1 aliphatic carbocycles. The molecule has 156 valence electrons. The van der Waals surface area contributed by atoms with Crippen molar-refractivity contribution in [1.82, 2.24) is 19.5 Å². The summed E-state index contributed by atoms with van der Waals surface area (Å²) in [6.45, 7) is 6.17. The van der Waals surface area contributed by atoms with Crippen LogP contribution in [-0.2, 0) is 6.54 Å². The first-order valence-electron chi connectivity index (χ1n) is 10.2. The molecule has 0 bridgehead atoms. The minimum atomic E-state index is -0.345. The van der Waals surface area contributed by atoms with Crippen molar-refractivity contribution in [2.45, 2.75) is 52.6 Å². The van der Waals surface area contributed by atoms with Crippen LogP contribution in [0, 0.1) is 13.8 Å². The minimum Gasteiger partial charge on any atom is -0.349 e. The van der Waals surface area contributed by atoms with E-state index in [1.807, 2.05) is 19.9 Å². The van der Waals surface area contributed by atoms with Gasteiger partial charge in [-0.25, -0.2) is 4.52 Å². The van der Waals surface area contributed by atoms with Crippen molar-refractivity contribution >= 4 is 23.0 Å². The molecule has 1 saturated carbocycles. The summed E-state index contributed by atoms with van der Waals surface area (Å²) in [7, 11) is 0. The lowest BCUT2D eigenvalue weighted by Crippen LogP contribution is -2.25. The Morgan fingerprint density at radius 3 is 2.67 bits per heavy atom. The van der Waals surface area contributed by atoms with E-state index in [9.17, 15) is 14.4 Å². The number of hydrogen-bond donors (Lipinski definition) is 2. The second-order valence-corrected chi connectivity index (χ2v) is 7.82. The highest BCUT2D eigenvalue weighted by molar-refractivity contribution is 6.07. The first kappa shape index (κ1) is 19.9. The molecule has 0 aliphatic heterocycles. The van der Waals surface area contributed by atoms with E-state index >= 15 is 0 Å². The van der Waals surface area contributed by atoms with Crippen molar-refractivity contribution < 1.29 is 9.59 Å². The maximum absolute atomic E-state index is 13.0. The molecule has 0 saturated heterocycles. The van der Waals surface area contributed by atoms with Gasteiger partial charge in [0.25, 0.3) is 17.4 Å². The lowest BCUT2D eigenvalue weighted by molar-refractivity contribution is 0.0949. The quantitative estimate of drug-likeness (QED) is 0.656. The molecule has 1 fully saturated rings. The molecule has 4 rings (SSSR count). The summed E-state index contributed by atoms with van der Waals surface area (Å²) < 4.78 is 3.00. The van der Waals surface area contributed by atoms with E-state index in [1.165, 1.54) is 10.8 Å². The van der Waals surface area contributed by atoms with Crippen LogP contribution in [-0.4, -0.2) is 32.0 Å². The molecule has 1 aliphatic rings. The molecule has 2 amide bonds. The fraction of sp³-hybridized carbons (Fsp3) is 0.364. The molecule has 3 aromatic rings. The van der Waals surface area contributed by atoms with Crippen LogP contribution in [0.4, 0.5) is 5.69 Å². The minimum absolute atomic E-state index is 0.139. The van der Waals surface area contributed by atoms with E-state index in [2.05, 4.69) is 15.7 Å². The van der Waals surface area contributed by atoms with Gasteiger partial charge in [0.1, 0.15) is 11.8 Å². The predicted molar refractivity (Wildman–Crippen MR) is 114 cm³/mol. The zero-order valence-electron chi connectivity index (χ0n) is 17.4. The van der Waals surface area contributed by atoms with Gasteiger partial charge in [-0.2, -0.15) is 5.10 Å². The number of carbonyl (C=O) groups is 2. The first-order valence-corrected chi connectivity index (χ1v) is 10.2. The van der Waals surface area contributed by atoms with Crippen LogP contribution in [0.3, 0.4) is 0 Å². The highest BCUT2D eigenvalue weighted by Crippen LogP contribution is 2.22. The Bertz CT molecular complexity index is 1200. The number of fused-ring (bicyclic) bond motifs is 1. The van der Waals surface area contributed by atoms with Crippen LogP contribution in [0.15, 0.2) is 35.5 Å². The van der Waals surface area contributed by atoms with Gasteiger partial charge in [-0.05, 0) is 56.4 Å². The number of benzene rings is 1. The van der Waals surface area contributed by atoms with Crippen molar-refractivity contribution in [1.29, 1.82) is 0 Å². The number of hydrogen-bond acceptors (Lipinski definition) is 4. The molecule has 0 spiro atoms. The van der Waals surface area contributed by atoms with Crippen LogP contribution in [0.1, 0.15) is 58.0 Å². The largest absolute Gasteiger partial charge is 0.349 e. The van der Waals surface area contributed by atoms with Gasteiger partial charge in [0.15, 0.2) is 0 Å². The number of carbonyl (C=O) groups excluding carboxylic acids is 2. The summed E-state index contributed by atoms with van der Waals surface area (Å²) in [5, 5.41) is 10.1. The highest BCUT2D eigenvalue weighted by Gasteiger charge is 2.24. The number of nitrogens with one attached hydrogen (secondary N) is 2. The van der Waals surface area contributed by atoms with Gasteiger partial charge in [0, 0.05) is 30.0 Å². The highest BCUT2D eigenvalue weighted by atomic mass is 16.2. The van der Waals surface area contributed by atoms with Crippen molar-refractivity contribution in [3.05, 3.63) is 63.3 Å². The average Bonchev–Trinajstić information content (AvgIpc) is 3.46. The number of rotatable bonds is 6. The summed E-state index contributed by atoms with van der Waals surface area (Å²) in [6.07, 6.45) is 5.89. The number of aryl methyl sites for hydroxylation is 3. The van der Waals surface area contributed by atoms with E-state index in [1.54, 1.807) is 29.8 Å². The Balaban J connectivity index is 1.63. The fourth-order valence-electron chi connectivity index (χ4n) is 3.45. The summed E-state index contributed by atoms with van der Waals surface area (Å²) in [4.78, 5) is 38.0. The monoisotopic (exact) mass is 407 g/mol. The Morgan fingerprint density at radius 1 is 1.20 bits per heavy atom. The number of anilines is 1. The van der Waals surface area contributed by atoms with Crippen molar-refractivity contribution in [3.63, 3.8) is 0 Å². The van der Waals surface area contributed by atoms with E-state index in [-0.39, 0.29) is 23.4 Å². The molecule has 0 radical (unpaired) electrons. The second-order valence-electron chi connectivity index (χ2n) is 7.82. The van der Waals surface area contributed by atoms with E-state index in [0.29, 0.717) is 34.4 Å². The standard InChI is InChI=1S/C22H25N5O3/c1-4-9-26-12-23-27-11-17(14(3)19(27)22(26)30)21(29)25-18-10-15(6-5-13(18)2)20(28)24-16-7-8-16/h5-6,10-12,16H,4,7-9H2,1-3H3,(H,24,28)(H,25,29). The van der Waals surface area contributed by atoms with Crippen molar-refractivity contribution in [3.8, 4) is 0 Å². The van der Waals surface area contributed by atoms with Gasteiger partial charge in [0.05, 0.1) is 5.56 Å². The molecule has 2 heterocycles. The average molecular weight is 407 g/mol. The third-order valence-electron chi connectivity index (χ3n) is 5.39. The Kier molecular flexibility index (Phi) is 5.15. The summed E-state index contributed by atoms with van der Waals surface area (Å²) in [5.41, 5.74) is 3.09. The maximum atomic E-state index is 13.0. The van der Waals surface area contributed by atoms with Crippen LogP contribution in [0.25, 0.3) is 5.52 Å². The lowest BCUT2D eigenvalue weighted by Gasteiger charge is -2.11. The summed E-state index contributed by atoms with van der Waals surface area (Å²) >= 11 is 0. The first-order chi connectivity index (χ1) is 14.4. The van der Waals surface area contributed by atoms with Crippen LogP contribution >= 0.6 is 0 Å². The van der Waals surface area contributed by atoms with Gasteiger partial charge in [-0.3, -0.25) is 19.0 Å². The molecule has 2 N–H and O–H groups in total. The second kappa shape index (κ2) is 7.78. The maximum Gasteiger partial charge on any atom is 0.277 e. The Hall–Kier alpha value is -3.42. The Labute approximate surface area is 173 Å². The molecule has 0 atom stereocenters. The lowest BCUT2D eigenvalue weighted by atomic mass is 10.1. The SMILES string of the molecule is CCCn1cnn2cc(C(=O)Nc3cc(C(=O)NC4CC4)ccc3C)c(C)c2c1=O. The van der Waals surface area contributed by atoms with Gasteiger partial charge >= 0.3 is 0 Å². The third kappa shape index (κ3) is 3.72.